The van der Waals surface area contributed by atoms with Crippen LogP contribution in [0.1, 0.15) is 64.2 Å². The average Bonchev–Trinajstić information content (AvgIpc) is 2.88. The molecule has 0 heterocycles. The molecule has 4 heteroatoms. The predicted octanol–water partition coefficient (Wildman–Crippen LogP) is 8.21. The maximum atomic E-state index is 6.61. The van der Waals surface area contributed by atoms with Crippen LogP contribution in [0.25, 0.3) is 32.3 Å². The maximum absolute atomic E-state index is 6.61. The van der Waals surface area contributed by atoms with Gasteiger partial charge in [0.1, 0.15) is 5.75 Å². The van der Waals surface area contributed by atoms with Crippen molar-refractivity contribution in [3.8, 4) is 5.75 Å². The Hall–Kier alpha value is -2.56. The number of hydrogen-bond donors (Lipinski definition) is 0. The summed E-state index contributed by atoms with van der Waals surface area (Å²) in [7, 11) is -0.660. The van der Waals surface area contributed by atoms with Crippen LogP contribution in [0.2, 0.25) is 0 Å². The molecule has 0 amide bonds. The minimum absolute atomic E-state index is 0.220. The SMILES string of the molecule is c1ccc2cc3c(ccc4cccc(OB(OC5CCCCC5)OC5CCCCC5)c43)cc2c1. The lowest BCUT2D eigenvalue weighted by Crippen LogP contribution is -2.39. The lowest BCUT2D eigenvalue weighted by atomic mass is 9.94. The Morgan fingerprint density at radius 1 is 0.559 bits per heavy atom. The Labute approximate surface area is 202 Å². The number of hydrogen-bond acceptors (Lipinski definition) is 3. The molecule has 3 nitrogen and oxygen atoms in total. The Kier molecular flexibility index (Phi) is 6.44. The molecule has 0 saturated heterocycles. The van der Waals surface area contributed by atoms with Crippen molar-refractivity contribution in [1.82, 2.24) is 0 Å². The van der Waals surface area contributed by atoms with Gasteiger partial charge in [-0.3, -0.25) is 0 Å². The van der Waals surface area contributed by atoms with Gasteiger partial charge in [-0.05, 0) is 70.8 Å². The fraction of sp³-hybridized carbons (Fsp3) is 0.400. The molecule has 2 fully saturated rings. The summed E-state index contributed by atoms with van der Waals surface area (Å²) in [5.41, 5.74) is 0. The molecule has 4 aromatic carbocycles. The first kappa shape index (κ1) is 21.9. The Morgan fingerprint density at radius 3 is 1.82 bits per heavy atom. The molecule has 0 aliphatic heterocycles. The van der Waals surface area contributed by atoms with E-state index in [2.05, 4.69) is 66.7 Å². The van der Waals surface area contributed by atoms with E-state index < -0.39 is 7.32 Å². The lowest BCUT2D eigenvalue weighted by Gasteiger charge is -2.29. The summed E-state index contributed by atoms with van der Waals surface area (Å²) in [6, 6.07) is 23.8. The summed E-state index contributed by atoms with van der Waals surface area (Å²) in [6.45, 7) is 0. The minimum Gasteiger partial charge on any atom is -0.511 e. The quantitative estimate of drug-likeness (QED) is 0.168. The molecule has 0 unspecified atom stereocenters. The summed E-state index contributed by atoms with van der Waals surface area (Å²) in [6.07, 6.45) is 12.3. The molecule has 174 valence electrons. The summed E-state index contributed by atoms with van der Waals surface area (Å²) >= 11 is 0. The second-order valence-electron chi connectivity index (χ2n) is 10.0. The van der Waals surface area contributed by atoms with Crippen molar-refractivity contribution in [2.24, 2.45) is 0 Å². The topological polar surface area (TPSA) is 27.7 Å². The van der Waals surface area contributed by atoms with Crippen LogP contribution in [0.15, 0.2) is 66.7 Å². The van der Waals surface area contributed by atoms with Crippen molar-refractivity contribution in [1.29, 1.82) is 0 Å². The third kappa shape index (κ3) is 4.67. The van der Waals surface area contributed by atoms with Crippen LogP contribution in [-0.2, 0) is 9.31 Å². The van der Waals surface area contributed by atoms with Crippen LogP contribution in [0.3, 0.4) is 0 Å². The highest BCUT2D eigenvalue weighted by molar-refractivity contribution is 6.38. The third-order valence-corrected chi connectivity index (χ3v) is 7.62. The molecule has 6 rings (SSSR count). The smallest absolute Gasteiger partial charge is 0.511 e. The number of fused-ring (bicyclic) bond motifs is 4. The Morgan fingerprint density at radius 2 is 1.15 bits per heavy atom. The van der Waals surface area contributed by atoms with Crippen LogP contribution in [0.5, 0.6) is 5.75 Å². The van der Waals surface area contributed by atoms with Crippen LogP contribution in [0, 0.1) is 0 Å². The van der Waals surface area contributed by atoms with E-state index in [0.717, 1.165) is 36.8 Å². The van der Waals surface area contributed by atoms with E-state index in [-0.39, 0.29) is 12.2 Å². The first-order chi connectivity index (χ1) is 16.8. The zero-order valence-electron chi connectivity index (χ0n) is 19.9. The van der Waals surface area contributed by atoms with Gasteiger partial charge in [0.2, 0.25) is 0 Å². The third-order valence-electron chi connectivity index (χ3n) is 7.62. The summed E-state index contributed by atoms with van der Waals surface area (Å²) < 4.78 is 19.6. The fourth-order valence-corrected chi connectivity index (χ4v) is 5.77. The van der Waals surface area contributed by atoms with Gasteiger partial charge in [0, 0.05) is 17.6 Å². The van der Waals surface area contributed by atoms with Gasteiger partial charge in [-0.15, -0.1) is 0 Å². The first-order valence-corrected chi connectivity index (χ1v) is 13.2. The van der Waals surface area contributed by atoms with E-state index in [9.17, 15) is 0 Å². The highest BCUT2D eigenvalue weighted by Gasteiger charge is 2.33. The van der Waals surface area contributed by atoms with Gasteiger partial charge in [0.15, 0.2) is 0 Å². The molecular weight excluding hydrogens is 419 g/mol. The highest BCUT2D eigenvalue weighted by atomic mass is 16.7. The molecule has 0 spiro atoms. The summed E-state index contributed by atoms with van der Waals surface area (Å²) in [4.78, 5) is 0. The van der Waals surface area contributed by atoms with Crippen molar-refractivity contribution in [3.63, 3.8) is 0 Å². The molecule has 2 aliphatic carbocycles. The first-order valence-electron chi connectivity index (χ1n) is 13.2. The number of rotatable bonds is 6. The molecular formula is C30H33BO3. The largest absolute Gasteiger partial charge is 0.713 e. The molecule has 4 aromatic rings. The zero-order chi connectivity index (χ0) is 22.7. The van der Waals surface area contributed by atoms with Gasteiger partial charge < -0.3 is 14.0 Å². The van der Waals surface area contributed by atoms with E-state index in [1.807, 2.05) is 0 Å². The molecule has 2 saturated carbocycles. The zero-order valence-corrected chi connectivity index (χ0v) is 19.9. The van der Waals surface area contributed by atoms with E-state index in [0.29, 0.717) is 0 Å². The Balaban J connectivity index is 1.38. The lowest BCUT2D eigenvalue weighted by molar-refractivity contribution is 0.0337. The van der Waals surface area contributed by atoms with Crippen molar-refractivity contribution < 1.29 is 14.0 Å². The maximum Gasteiger partial charge on any atom is 0.713 e. The highest BCUT2D eigenvalue weighted by Crippen LogP contribution is 2.36. The van der Waals surface area contributed by atoms with E-state index in [1.165, 1.54) is 65.5 Å². The van der Waals surface area contributed by atoms with Crippen molar-refractivity contribution in [3.05, 3.63) is 66.7 Å². The van der Waals surface area contributed by atoms with Crippen molar-refractivity contribution in [2.45, 2.75) is 76.4 Å². The van der Waals surface area contributed by atoms with Gasteiger partial charge in [0.05, 0.1) is 0 Å². The van der Waals surface area contributed by atoms with Gasteiger partial charge in [-0.1, -0.05) is 87.1 Å². The van der Waals surface area contributed by atoms with Gasteiger partial charge in [-0.2, -0.15) is 0 Å². The van der Waals surface area contributed by atoms with Gasteiger partial charge in [0.25, 0.3) is 0 Å². The summed E-state index contributed by atoms with van der Waals surface area (Å²) in [5.74, 6) is 0.843. The van der Waals surface area contributed by atoms with Gasteiger partial charge >= 0.3 is 7.32 Å². The molecule has 0 aromatic heterocycles. The van der Waals surface area contributed by atoms with Gasteiger partial charge in [-0.25, -0.2) is 0 Å². The van der Waals surface area contributed by atoms with Crippen LogP contribution in [0.4, 0.5) is 0 Å². The minimum atomic E-state index is -0.660. The van der Waals surface area contributed by atoms with Crippen molar-refractivity contribution >= 4 is 39.6 Å². The van der Waals surface area contributed by atoms with E-state index in [4.69, 9.17) is 14.0 Å². The molecule has 34 heavy (non-hydrogen) atoms. The van der Waals surface area contributed by atoms with Crippen LogP contribution < -0.4 is 4.65 Å². The fourth-order valence-electron chi connectivity index (χ4n) is 5.77. The second kappa shape index (κ2) is 9.97. The summed E-state index contributed by atoms with van der Waals surface area (Å²) in [5, 5.41) is 7.24. The molecule has 2 aliphatic rings. The molecule has 0 bridgehead atoms. The number of benzene rings is 4. The standard InChI is InChI=1S/C30H33BO3/c1-3-13-26(14-4-1)32-31(33-27-15-5-2-6-16-27)34-29-17-9-12-22-18-19-25-20-23-10-7-8-11-24(23)21-28(25)30(22)29/h7-12,17-21,26-27H,1-6,13-16H2. The van der Waals surface area contributed by atoms with Crippen molar-refractivity contribution in [2.75, 3.05) is 0 Å². The normalized spacial score (nSPS) is 18.0. The molecule has 0 N–H and O–H groups in total. The average molecular weight is 452 g/mol. The molecule has 0 atom stereocenters. The second-order valence-corrected chi connectivity index (χ2v) is 10.0. The monoisotopic (exact) mass is 452 g/mol. The Bertz CT molecular complexity index is 1250. The van der Waals surface area contributed by atoms with E-state index in [1.54, 1.807) is 0 Å². The van der Waals surface area contributed by atoms with Crippen LogP contribution >= 0.6 is 0 Å². The molecule has 0 radical (unpaired) electrons. The van der Waals surface area contributed by atoms with E-state index >= 15 is 0 Å². The predicted molar refractivity (Wildman–Crippen MR) is 141 cm³/mol. The van der Waals surface area contributed by atoms with Crippen LogP contribution in [-0.4, -0.2) is 19.5 Å².